The number of carbonyl (C=O) groups is 1. The molecule has 0 N–H and O–H groups in total. The van der Waals surface area contributed by atoms with E-state index in [1.54, 1.807) is 11.8 Å². The number of ether oxygens (including phenoxy) is 1. The van der Waals surface area contributed by atoms with Crippen molar-refractivity contribution >= 4 is 35.1 Å². The first kappa shape index (κ1) is 13.4. The number of thioether (sulfide) groups is 1. The fourth-order valence-electron chi connectivity index (χ4n) is 1.82. The molecule has 0 aliphatic carbocycles. The van der Waals surface area contributed by atoms with Crippen LogP contribution in [0.2, 0.25) is 0 Å². The van der Waals surface area contributed by atoms with E-state index in [1.165, 1.54) is 4.90 Å². The quantitative estimate of drug-likeness (QED) is 0.572. The summed E-state index contributed by atoms with van der Waals surface area (Å²) >= 11 is 6.82. The number of hydrogen-bond donors (Lipinski definition) is 0. The Hall–Kier alpha value is -1.01. The number of allylic oxidation sites excluding steroid dienone is 2. The van der Waals surface area contributed by atoms with Gasteiger partial charge in [-0.15, -0.1) is 11.8 Å². The molecule has 4 nitrogen and oxygen atoms in total. The van der Waals surface area contributed by atoms with E-state index in [9.17, 15) is 4.79 Å². The number of likely N-dealkylation sites (N-methyl/N-ethyl adjacent to an activating group) is 1. The molecule has 2 saturated heterocycles. The first-order chi connectivity index (χ1) is 8.54. The summed E-state index contributed by atoms with van der Waals surface area (Å²) in [5.41, 5.74) is 0.828. The van der Waals surface area contributed by atoms with E-state index < -0.39 is 0 Å². The predicted molar refractivity (Wildman–Crippen MR) is 76.9 cm³/mol. The van der Waals surface area contributed by atoms with Gasteiger partial charge in [-0.1, -0.05) is 0 Å². The maximum absolute atomic E-state index is 12.0. The van der Waals surface area contributed by atoms with Crippen molar-refractivity contribution in [2.75, 3.05) is 25.9 Å². The van der Waals surface area contributed by atoms with Gasteiger partial charge in [-0.25, -0.2) is 0 Å². The Bertz CT molecular complexity index is 457. The van der Waals surface area contributed by atoms with Gasteiger partial charge in [0.2, 0.25) is 0 Å². The van der Waals surface area contributed by atoms with Gasteiger partial charge in [0, 0.05) is 31.5 Å². The fourth-order valence-corrected chi connectivity index (χ4v) is 3.26. The van der Waals surface area contributed by atoms with Crippen LogP contribution in [0.4, 0.5) is 0 Å². The van der Waals surface area contributed by atoms with Gasteiger partial charge >= 0.3 is 0 Å². The van der Waals surface area contributed by atoms with Crippen LogP contribution in [-0.2, 0) is 9.53 Å². The number of amides is 1. The molecule has 0 aromatic carbocycles. The Morgan fingerprint density at radius 3 is 2.83 bits per heavy atom. The van der Waals surface area contributed by atoms with Crippen molar-refractivity contribution in [2.24, 2.45) is 0 Å². The minimum atomic E-state index is -0.137. The molecule has 2 fully saturated rings. The Kier molecular flexibility index (Phi) is 3.97. The molecular formula is C12H16N2O2S2. The first-order valence-corrected chi connectivity index (χ1v) is 7.24. The molecule has 0 saturated carbocycles. The van der Waals surface area contributed by atoms with Gasteiger partial charge in [-0.2, -0.15) is 0 Å². The summed E-state index contributed by atoms with van der Waals surface area (Å²) in [5.74, 6) is 1.30. The molecule has 0 bridgehead atoms. The summed E-state index contributed by atoms with van der Waals surface area (Å²) in [6.45, 7) is 5.34. The second kappa shape index (κ2) is 5.32. The van der Waals surface area contributed by atoms with Gasteiger partial charge in [0.15, 0.2) is 5.76 Å². The highest BCUT2D eigenvalue weighted by Crippen LogP contribution is 2.29. The van der Waals surface area contributed by atoms with Crippen molar-refractivity contribution in [1.82, 2.24) is 9.80 Å². The second-order valence-corrected chi connectivity index (χ2v) is 5.65. The van der Waals surface area contributed by atoms with Crippen LogP contribution in [-0.4, -0.2) is 46.8 Å². The van der Waals surface area contributed by atoms with E-state index in [2.05, 4.69) is 4.90 Å². The van der Waals surface area contributed by atoms with Crippen LogP contribution in [0.15, 0.2) is 22.4 Å². The van der Waals surface area contributed by atoms with Crippen molar-refractivity contribution < 1.29 is 9.53 Å². The Morgan fingerprint density at radius 1 is 1.61 bits per heavy atom. The molecule has 0 atom stereocenters. The Labute approximate surface area is 117 Å². The van der Waals surface area contributed by atoms with Crippen LogP contribution < -0.4 is 0 Å². The topological polar surface area (TPSA) is 32.8 Å². The van der Waals surface area contributed by atoms with Gasteiger partial charge in [0.25, 0.3) is 11.1 Å². The van der Waals surface area contributed by atoms with Crippen molar-refractivity contribution in [3.05, 3.63) is 22.4 Å². The standard InChI is InChI=1S/C12H16N2O2S2/c1-4-14-11(15)10(16-12(14)17)8(2)7-9-13(3)5-6-18-9/h7H,4-6H2,1-3H3/b9-7+,10-8-. The van der Waals surface area contributed by atoms with Crippen LogP contribution in [0.25, 0.3) is 0 Å². The zero-order valence-electron chi connectivity index (χ0n) is 10.7. The summed E-state index contributed by atoms with van der Waals surface area (Å²) in [7, 11) is 2.05. The highest BCUT2D eigenvalue weighted by molar-refractivity contribution is 8.03. The maximum Gasteiger partial charge on any atom is 0.297 e. The van der Waals surface area contributed by atoms with E-state index in [0.717, 1.165) is 22.9 Å². The third-order valence-corrected chi connectivity index (χ3v) is 4.33. The third kappa shape index (κ3) is 2.40. The number of rotatable bonds is 2. The van der Waals surface area contributed by atoms with E-state index >= 15 is 0 Å². The molecule has 98 valence electrons. The van der Waals surface area contributed by atoms with Crippen LogP contribution in [0, 0.1) is 0 Å². The van der Waals surface area contributed by atoms with Crippen LogP contribution in [0.5, 0.6) is 0 Å². The van der Waals surface area contributed by atoms with E-state index in [4.69, 9.17) is 17.0 Å². The number of thiocarbonyl (C=S) groups is 1. The molecule has 0 radical (unpaired) electrons. The molecule has 1 amide bonds. The molecule has 18 heavy (non-hydrogen) atoms. The van der Waals surface area contributed by atoms with Crippen molar-refractivity contribution in [1.29, 1.82) is 0 Å². The molecule has 6 heteroatoms. The van der Waals surface area contributed by atoms with E-state index in [1.807, 2.05) is 27.0 Å². The number of hydrogen-bond acceptors (Lipinski definition) is 5. The summed E-state index contributed by atoms with van der Waals surface area (Å²) in [6.07, 6.45) is 1.99. The first-order valence-electron chi connectivity index (χ1n) is 5.84. The molecule has 0 unspecified atom stereocenters. The van der Waals surface area contributed by atoms with E-state index in [-0.39, 0.29) is 11.1 Å². The largest absolute Gasteiger partial charge is 0.425 e. The van der Waals surface area contributed by atoms with Crippen LogP contribution >= 0.6 is 24.0 Å². The van der Waals surface area contributed by atoms with Crippen molar-refractivity contribution in [2.45, 2.75) is 13.8 Å². The average molecular weight is 284 g/mol. The van der Waals surface area contributed by atoms with Gasteiger partial charge in [0.1, 0.15) is 0 Å². The zero-order valence-corrected chi connectivity index (χ0v) is 12.4. The summed E-state index contributed by atoms with van der Waals surface area (Å²) < 4.78 is 5.40. The Balaban J connectivity index is 2.27. The normalized spacial score (nSPS) is 25.2. The minimum absolute atomic E-state index is 0.137. The van der Waals surface area contributed by atoms with Crippen molar-refractivity contribution in [3.63, 3.8) is 0 Å². The van der Waals surface area contributed by atoms with E-state index in [0.29, 0.717) is 12.3 Å². The van der Waals surface area contributed by atoms with Gasteiger partial charge in [-0.3, -0.25) is 9.69 Å². The molecule has 2 heterocycles. The summed E-state index contributed by atoms with van der Waals surface area (Å²) in [4.78, 5) is 15.7. The number of carbonyl (C=O) groups excluding carboxylic acids is 1. The van der Waals surface area contributed by atoms with Crippen molar-refractivity contribution in [3.8, 4) is 0 Å². The highest BCUT2D eigenvalue weighted by Gasteiger charge is 2.33. The van der Waals surface area contributed by atoms with Gasteiger partial charge in [0.05, 0.1) is 5.03 Å². The highest BCUT2D eigenvalue weighted by atomic mass is 32.2. The molecule has 2 aliphatic rings. The lowest BCUT2D eigenvalue weighted by Gasteiger charge is -2.11. The fraction of sp³-hybridized carbons (Fsp3) is 0.500. The molecule has 0 aromatic rings. The number of nitrogens with zero attached hydrogens (tertiary/aromatic N) is 2. The molecule has 0 spiro atoms. The second-order valence-electron chi connectivity index (χ2n) is 4.18. The zero-order chi connectivity index (χ0) is 13.3. The predicted octanol–water partition coefficient (Wildman–Crippen LogP) is 1.94. The van der Waals surface area contributed by atoms with Gasteiger partial charge in [-0.05, 0) is 32.1 Å². The molecular weight excluding hydrogens is 268 g/mol. The summed E-state index contributed by atoms with van der Waals surface area (Å²) in [5, 5.41) is 1.42. The molecule has 2 rings (SSSR count). The monoisotopic (exact) mass is 284 g/mol. The lowest BCUT2D eigenvalue weighted by molar-refractivity contribution is -0.122. The van der Waals surface area contributed by atoms with Gasteiger partial charge < -0.3 is 9.64 Å². The summed E-state index contributed by atoms with van der Waals surface area (Å²) in [6, 6.07) is 0. The average Bonchev–Trinajstić information content (AvgIpc) is 2.84. The SMILES string of the molecule is CCN1C(=O)/C(=C(C)/C=C2/SCCN2C)OC1=S. The van der Waals surface area contributed by atoms with Crippen LogP contribution in [0.3, 0.4) is 0 Å². The molecule has 0 aromatic heterocycles. The van der Waals surface area contributed by atoms with Crippen LogP contribution in [0.1, 0.15) is 13.8 Å². The lowest BCUT2D eigenvalue weighted by atomic mass is 10.2. The minimum Gasteiger partial charge on any atom is -0.425 e. The lowest BCUT2D eigenvalue weighted by Crippen LogP contribution is -2.28. The maximum atomic E-state index is 12.0. The molecule has 2 aliphatic heterocycles. The third-order valence-electron chi connectivity index (χ3n) is 2.92. The smallest absolute Gasteiger partial charge is 0.297 e. The Morgan fingerprint density at radius 2 is 2.33 bits per heavy atom.